The lowest BCUT2D eigenvalue weighted by atomic mass is 10.1. The van der Waals surface area contributed by atoms with Crippen LogP contribution in [0.3, 0.4) is 0 Å². The maximum Gasteiger partial charge on any atom is 0.348 e. The second kappa shape index (κ2) is 10.2. The van der Waals surface area contributed by atoms with E-state index < -0.39 is 22.8 Å². The Morgan fingerprint density at radius 3 is 2.44 bits per heavy atom. The Kier molecular flexibility index (Phi) is 7.31. The fourth-order valence-corrected chi connectivity index (χ4v) is 4.13. The van der Waals surface area contributed by atoms with Crippen LogP contribution in [0.2, 0.25) is 0 Å². The van der Waals surface area contributed by atoms with E-state index in [-0.39, 0.29) is 45.0 Å². The fourth-order valence-electron chi connectivity index (χ4n) is 3.02. The normalized spacial score (nSPS) is 10.5. The van der Waals surface area contributed by atoms with Crippen LogP contribution in [0.25, 0.3) is 0 Å². The first-order chi connectivity index (χ1) is 16.2. The number of nitrogens with zero attached hydrogens (tertiary/aromatic N) is 1. The number of rotatable bonds is 8. The predicted molar refractivity (Wildman–Crippen MR) is 121 cm³/mol. The molecule has 0 radical (unpaired) electrons. The van der Waals surface area contributed by atoms with Crippen LogP contribution in [0.4, 0.5) is 10.7 Å². The Morgan fingerprint density at radius 2 is 1.79 bits per heavy atom. The molecule has 34 heavy (non-hydrogen) atoms. The summed E-state index contributed by atoms with van der Waals surface area (Å²) in [5.41, 5.74) is 0.867. The first kappa shape index (κ1) is 24.5. The minimum atomic E-state index is -0.729. The third-order valence-electron chi connectivity index (χ3n) is 4.70. The number of benzene rings is 1. The average molecular weight is 488 g/mol. The Morgan fingerprint density at radius 1 is 1.09 bits per heavy atom. The lowest BCUT2D eigenvalue weighted by molar-refractivity contribution is -0.386. The second-order valence-electron chi connectivity index (χ2n) is 6.98. The van der Waals surface area contributed by atoms with Gasteiger partial charge in [-0.05, 0) is 43.2 Å². The number of esters is 2. The maximum atomic E-state index is 12.7. The predicted octanol–water partition coefficient (Wildman–Crippen LogP) is 4.27. The Labute approximate surface area is 197 Å². The minimum absolute atomic E-state index is 0.0306. The first-order valence-electron chi connectivity index (χ1n) is 9.74. The summed E-state index contributed by atoms with van der Waals surface area (Å²) in [6, 6.07) is 7.41. The van der Waals surface area contributed by atoms with Crippen molar-refractivity contribution >= 4 is 39.9 Å². The van der Waals surface area contributed by atoms with Gasteiger partial charge in [0.05, 0.1) is 24.7 Å². The summed E-state index contributed by atoms with van der Waals surface area (Å²) in [6.45, 7) is 3.11. The topological polar surface area (TPSA) is 147 Å². The van der Waals surface area contributed by atoms with Crippen LogP contribution in [-0.2, 0) is 16.1 Å². The van der Waals surface area contributed by atoms with E-state index in [1.807, 2.05) is 0 Å². The molecule has 0 saturated carbocycles. The van der Waals surface area contributed by atoms with E-state index in [2.05, 4.69) is 5.32 Å². The lowest BCUT2D eigenvalue weighted by Gasteiger charge is -2.06. The van der Waals surface area contributed by atoms with Gasteiger partial charge < -0.3 is 23.9 Å². The van der Waals surface area contributed by atoms with Gasteiger partial charge >= 0.3 is 17.6 Å². The molecule has 11 nitrogen and oxygen atoms in total. The minimum Gasteiger partial charge on any atom is -0.479 e. The van der Waals surface area contributed by atoms with E-state index in [1.54, 1.807) is 13.0 Å². The van der Waals surface area contributed by atoms with E-state index in [4.69, 9.17) is 18.6 Å². The van der Waals surface area contributed by atoms with Crippen molar-refractivity contribution in [3.05, 3.63) is 73.5 Å². The van der Waals surface area contributed by atoms with Gasteiger partial charge in [-0.3, -0.25) is 14.9 Å². The molecule has 2 aromatic heterocycles. The van der Waals surface area contributed by atoms with Crippen LogP contribution in [0.5, 0.6) is 5.75 Å². The van der Waals surface area contributed by atoms with Crippen LogP contribution in [0.15, 0.2) is 34.7 Å². The van der Waals surface area contributed by atoms with Crippen LogP contribution in [0, 0.1) is 24.0 Å². The van der Waals surface area contributed by atoms with Crippen LogP contribution < -0.4 is 10.1 Å². The van der Waals surface area contributed by atoms with Gasteiger partial charge in [0.2, 0.25) is 0 Å². The molecule has 0 aliphatic rings. The van der Waals surface area contributed by atoms with Gasteiger partial charge in [0, 0.05) is 6.07 Å². The van der Waals surface area contributed by atoms with Gasteiger partial charge in [0.25, 0.3) is 5.91 Å². The summed E-state index contributed by atoms with van der Waals surface area (Å²) in [5, 5.41) is 13.9. The van der Waals surface area contributed by atoms with Crippen molar-refractivity contribution in [2.24, 2.45) is 0 Å². The van der Waals surface area contributed by atoms with E-state index in [1.165, 1.54) is 45.4 Å². The number of anilines is 1. The number of thiophene rings is 1. The molecule has 0 unspecified atom stereocenters. The molecule has 3 rings (SSSR count). The summed E-state index contributed by atoms with van der Waals surface area (Å²) in [5.74, 6) is -1.87. The zero-order chi connectivity index (χ0) is 25.0. The number of carbonyl (C=O) groups is 3. The third-order valence-corrected chi connectivity index (χ3v) is 5.89. The fraction of sp³-hybridized carbons (Fsp3) is 0.227. The van der Waals surface area contributed by atoms with Crippen LogP contribution in [-0.4, -0.2) is 37.0 Å². The molecule has 0 aliphatic carbocycles. The third kappa shape index (κ3) is 5.07. The number of aryl methyl sites for hydroxylation is 1. The summed E-state index contributed by atoms with van der Waals surface area (Å²) in [7, 11) is 2.38. The number of nitro benzene ring substituents is 1. The number of hydrogen-bond donors (Lipinski definition) is 1. The van der Waals surface area contributed by atoms with Crippen molar-refractivity contribution in [1.29, 1.82) is 0 Å². The molecule has 0 saturated heterocycles. The molecular weight excluding hydrogens is 468 g/mol. The highest BCUT2D eigenvalue weighted by Gasteiger charge is 2.27. The number of nitrogens with one attached hydrogen (secondary N) is 1. The highest BCUT2D eigenvalue weighted by Crippen LogP contribution is 2.34. The molecule has 3 aromatic rings. The molecule has 178 valence electrons. The average Bonchev–Trinajstić information content (AvgIpc) is 3.41. The molecular formula is C22H20N2O9S. The summed E-state index contributed by atoms with van der Waals surface area (Å²) < 4.78 is 20.5. The van der Waals surface area contributed by atoms with Crippen molar-refractivity contribution in [3.63, 3.8) is 0 Å². The van der Waals surface area contributed by atoms with Gasteiger partial charge in [-0.25, -0.2) is 9.59 Å². The number of nitro groups is 1. The number of hydrogen-bond acceptors (Lipinski definition) is 10. The zero-order valence-corrected chi connectivity index (χ0v) is 19.4. The monoisotopic (exact) mass is 488 g/mol. The number of furan rings is 1. The number of amides is 1. The van der Waals surface area contributed by atoms with E-state index in [9.17, 15) is 24.5 Å². The van der Waals surface area contributed by atoms with Gasteiger partial charge in [-0.2, -0.15) is 0 Å². The number of ether oxygens (including phenoxy) is 3. The number of methoxy groups -OCH3 is 2. The Balaban J connectivity index is 1.77. The smallest absolute Gasteiger partial charge is 0.348 e. The van der Waals surface area contributed by atoms with Crippen molar-refractivity contribution in [1.82, 2.24) is 0 Å². The quantitative estimate of drug-likeness (QED) is 0.279. The largest absolute Gasteiger partial charge is 0.479 e. The SMILES string of the molecule is COC(=O)c1sc(NC(=O)c2ccc(COc3ccc(C)cc3[N+](=O)[O-])o2)c(C(=O)OC)c1C. The van der Waals surface area contributed by atoms with Gasteiger partial charge in [0.15, 0.2) is 11.5 Å². The van der Waals surface area contributed by atoms with E-state index >= 15 is 0 Å². The molecule has 1 aromatic carbocycles. The highest BCUT2D eigenvalue weighted by atomic mass is 32.1. The van der Waals surface area contributed by atoms with Gasteiger partial charge in [-0.15, -0.1) is 11.3 Å². The van der Waals surface area contributed by atoms with E-state index in [0.29, 0.717) is 11.1 Å². The summed E-state index contributed by atoms with van der Waals surface area (Å²) >= 11 is 0.868. The number of carbonyl (C=O) groups excluding carboxylic acids is 3. The first-order valence-corrected chi connectivity index (χ1v) is 10.6. The lowest BCUT2D eigenvalue weighted by Crippen LogP contribution is -2.13. The van der Waals surface area contributed by atoms with Crippen LogP contribution >= 0.6 is 11.3 Å². The van der Waals surface area contributed by atoms with Gasteiger partial charge in [-0.1, -0.05) is 6.07 Å². The second-order valence-corrected chi connectivity index (χ2v) is 8.00. The Bertz CT molecular complexity index is 1280. The maximum absolute atomic E-state index is 12.7. The highest BCUT2D eigenvalue weighted by molar-refractivity contribution is 7.18. The van der Waals surface area contributed by atoms with Crippen molar-refractivity contribution < 1.29 is 37.9 Å². The van der Waals surface area contributed by atoms with Crippen molar-refractivity contribution in [2.45, 2.75) is 20.5 Å². The molecule has 0 fully saturated rings. The van der Waals surface area contributed by atoms with E-state index in [0.717, 1.165) is 11.3 Å². The standard InChI is InChI=1S/C22H20N2O9S/c1-11-5-7-15(14(9-11)24(28)29)32-10-13-6-8-16(33-13)19(25)23-20-17(21(26)30-3)12(2)18(34-20)22(27)31-4/h5-9H,10H2,1-4H3,(H,23,25). The molecule has 1 amide bonds. The Hall–Kier alpha value is -4.19. The molecule has 12 heteroatoms. The molecule has 0 atom stereocenters. The molecule has 1 N–H and O–H groups in total. The van der Waals surface area contributed by atoms with Crippen LogP contribution in [0.1, 0.15) is 47.5 Å². The van der Waals surface area contributed by atoms with Crippen molar-refractivity contribution in [2.75, 3.05) is 19.5 Å². The molecule has 0 bridgehead atoms. The molecule has 2 heterocycles. The molecule has 0 aliphatic heterocycles. The summed E-state index contributed by atoms with van der Waals surface area (Å²) in [6.07, 6.45) is 0. The van der Waals surface area contributed by atoms with Gasteiger partial charge in [0.1, 0.15) is 22.2 Å². The van der Waals surface area contributed by atoms with Crippen molar-refractivity contribution in [3.8, 4) is 5.75 Å². The molecule has 0 spiro atoms. The summed E-state index contributed by atoms with van der Waals surface area (Å²) in [4.78, 5) is 47.7. The zero-order valence-electron chi connectivity index (χ0n) is 18.6.